The second-order valence-electron chi connectivity index (χ2n) is 6.26. The highest BCUT2D eigenvalue weighted by molar-refractivity contribution is 14.0. The predicted molar refractivity (Wildman–Crippen MR) is 114 cm³/mol. The Hall–Kier alpha value is -1.22. The van der Waals surface area contributed by atoms with Crippen molar-refractivity contribution in [2.45, 2.75) is 26.3 Å². The molecule has 0 radical (unpaired) electrons. The van der Waals surface area contributed by atoms with Crippen LogP contribution in [-0.4, -0.2) is 57.0 Å². The topological polar surface area (TPSA) is 69.1 Å². The second-order valence-corrected chi connectivity index (χ2v) is 6.26. The lowest BCUT2D eigenvalue weighted by atomic mass is 10.2. The van der Waals surface area contributed by atoms with Gasteiger partial charge in [0, 0.05) is 38.8 Å². The van der Waals surface area contributed by atoms with Gasteiger partial charge in [-0.2, -0.15) is 0 Å². The van der Waals surface area contributed by atoms with E-state index in [0.29, 0.717) is 12.6 Å². The number of methoxy groups -OCH3 is 1. The maximum Gasteiger partial charge on any atom is 0.191 e. The number of para-hydroxylation sites is 2. The van der Waals surface area contributed by atoms with Gasteiger partial charge in [0.15, 0.2) is 5.96 Å². The summed E-state index contributed by atoms with van der Waals surface area (Å²) in [6.45, 7) is 7.56. The van der Waals surface area contributed by atoms with Crippen LogP contribution in [0.2, 0.25) is 0 Å². The lowest BCUT2D eigenvalue weighted by molar-refractivity contribution is 0.241. The highest BCUT2D eigenvalue weighted by Gasteiger charge is 2.25. The van der Waals surface area contributed by atoms with E-state index in [1.807, 2.05) is 25.1 Å². The van der Waals surface area contributed by atoms with E-state index in [0.717, 1.165) is 43.5 Å². The fourth-order valence-electron chi connectivity index (χ4n) is 2.81. The summed E-state index contributed by atoms with van der Waals surface area (Å²) in [4.78, 5) is 6.91. The number of aliphatic imine (C=N–C) groups is 1. The maximum atomic E-state index is 9.14. The van der Waals surface area contributed by atoms with Gasteiger partial charge in [-0.25, -0.2) is 0 Å². The SMILES string of the molecule is CCNC(=NCC(C)CO)NC1CCN(c2ccccc2OC)C1.I. The van der Waals surface area contributed by atoms with Crippen LogP contribution in [0.25, 0.3) is 0 Å². The van der Waals surface area contributed by atoms with Gasteiger partial charge < -0.3 is 25.4 Å². The van der Waals surface area contributed by atoms with E-state index in [1.54, 1.807) is 7.11 Å². The molecule has 142 valence electrons. The minimum absolute atomic E-state index is 0. The fourth-order valence-corrected chi connectivity index (χ4v) is 2.81. The van der Waals surface area contributed by atoms with Crippen molar-refractivity contribution in [3.8, 4) is 5.75 Å². The minimum atomic E-state index is 0. The van der Waals surface area contributed by atoms with Crippen LogP contribution in [0, 0.1) is 5.92 Å². The van der Waals surface area contributed by atoms with E-state index in [1.165, 1.54) is 0 Å². The summed E-state index contributed by atoms with van der Waals surface area (Å²) in [5.41, 5.74) is 1.14. The van der Waals surface area contributed by atoms with Crippen molar-refractivity contribution in [2.24, 2.45) is 10.9 Å². The monoisotopic (exact) mass is 462 g/mol. The summed E-state index contributed by atoms with van der Waals surface area (Å²) >= 11 is 0. The Morgan fingerprint density at radius 1 is 1.44 bits per heavy atom. The number of halogens is 1. The van der Waals surface area contributed by atoms with E-state index in [4.69, 9.17) is 9.84 Å². The molecule has 25 heavy (non-hydrogen) atoms. The molecule has 1 aromatic carbocycles. The number of hydrogen-bond acceptors (Lipinski definition) is 4. The third kappa shape index (κ3) is 6.54. The van der Waals surface area contributed by atoms with E-state index in [-0.39, 0.29) is 36.5 Å². The van der Waals surface area contributed by atoms with Gasteiger partial charge in [0.1, 0.15) is 5.75 Å². The summed E-state index contributed by atoms with van der Waals surface area (Å²) in [6.07, 6.45) is 1.05. The molecule has 0 spiro atoms. The summed E-state index contributed by atoms with van der Waals surface area (Å²) in [5, 5.41) is 15.9. The molecule has 0 bridgehead atoms. The molecule has 6 nitrogen and oxygen atoms in total. The highest BCUT2D eigenvalue weighted by atomic mass is 127. The van der Waals surface area contributed by atoms with Crippen molar-refractivity contribution < 1.29 is 9.84 Å². The lowest BCUT2D eigenvalue weighted by Gasteiger charge is -2.22. The Labute approximate surface area is 168 Å². The molecule has 1 heterocycles. The van der Waals surface area contributed by atoms with Gasteiger partial charge >= 0.3 is 0 Å². The molecule has 1 fully saturated rings. The van der Waals surface area contributed by atoms with Gasteiger partial charge in [-0.05, 0) is 31.4 Å². The normalized spacial score (nSPS) is 18.5. The van der Waals surface area contributed by atoms with Crippen LogP contribution >= 0.6 is 24.0 Å². The Kier molecular flexibility index (Phi) is 9.96. The number of nitrogens with one attached hydrogen (secondary N) is 2. The van der Waals surface area contributed by atoms with Crippen LogP contribution in [0.4, 0.5) is 5.69 Å². The molecule has 2 atom stereocenters. The Morgan fingerprint density at radius 2 is 2.20 bits per heavy atom. The molecule has 1 aromatic rings. The van der Waals surface area contributed by atoms with E-state index in [9.17, 15) is 0 Å². The van der Waals surface area contributed by atoms with E-state index >= 15 is 0 Å². The van der Waals surface area contributed by atoms with Crippen molar-refractivity contribution in [1.82, 2.24) is 10.6 Å². The van der Waals surface area contributed by atoms with Gasteiger partial charge in [0.2, 0.25) is 0 Å². The number of rotatable bonds is 7. The summed E-state index contributed by atoms with van der Waals surface area (Å²) < 4.78 is 5.47. The first-order valence-electron chi connectivity index (χ1n) is 8.71. The maximum absolute atomic E-state index is 9.14. The van der Waals surface area contributed by atoms with E-state index in [2.05, 4.69) is 33.5 Å². The smallest absolute Gasteiger partial charge is 0.191 e. The molecular formula is C18H31IN4O2. The van der Waals surface area contributed by atoms with Gasteiger partial charge in [-0.3, -0.25) is 4.99 Å². The first-order chi connectivity index (χ1) is 11.7. The number of aliphatic hydroxyl groups excluding tert-OH is 1. The number of benzene rings is 1. The zero-order valence-corrected chi connectivity index (χ0v) is 17.7. The Morgan fingerprint density at radius 3 is 2.88 bits per heavy atom. The third-order valence-corrected chi connectivity index (χ3v) is 4.17. The quantitative estimate of drug-likeness (QED) is 0.329. The molecule has 2 rings (SSSR count). The van der Waals surface area contributed by atoms with Crippen LogP contribution in [0.5, 0.6) is 5.75 Å². The van der Waals surface area contributed by atoms with Crippen LogP contribution < -0.4 is 20.3 Å². The number of guanidine groups is 1. The summed E-state index contributed by atoms with van der Waals surface area (Å²) in [5.74, 6) is 1.91. The van der Waals surface area contributed by atoms with Crippen molar-refractivity contribution in [1.29, 1.82) is 0 Å². The van der Waals surface area contributed by atoms with Crippen molar-refractivity contribution in [2.75, 3.05) is 44.8 Å². The number of aliphatic hydroxyl groups is 1. The first kappa shape index (κ1) is 21.8. The molecule has 1 aliphatic heterocycles. The standard InChI is InChI=1S/C18H30N4O2.HI/c1-4-19-18(20-11-14(2)13-23)21-15-9-10-22(12-15)16-7-5-6-8-17(16)24-3;/h5-8,14-15,23H,4,9-13H2,1-3H3,(H2,19,20,21);1H. The van der Waals surface area contributed by atoms with Gasteiger partial charge in [0.05, 0.1) is 12.8 Å². The molecule has 0 saturated carbocycles. The van der Waals surface area contributed by atoms with Crippen molar-refractivity contribution >= 4 is 35.6 Å². The average molecular weight is 462 g/mol. The minimum Gasteiger partial charge on any atom is -0.495 e. The van der Waals surface area contributed by atoms with Crippen LogP contribution in [0.15, 0.2) is 29.3 Å². The first-order valence-corrected chi connectivity index (χ1v) is 8.71. The van der Waals surface area contributed by atoms with E-state index < -0.39 is 0 Å². The molecule has 0 aliphatic carbocycles. The van der Waals surface area contributed by atoms with Crippen LogP contribution in [0.1, 0.15) is 20.3 Å². The number of hydrogen-bond donors (Lipinski definition) is 3. The van der Waals surface area contributed by atoms with Crippen molar-refractivity contribution in [3.63, 3.8) is 0 Å². The Balaban J connectivity index is 0.00000312. The van der Waals surface area contributed by atoms with Crippen LogP contribution in [-0.2, 0) is 0 Å². The molecular weight excluding hydrogens is 431 g/mol. The molecule has 3 N–H and O–H groups in total. The molecule has 7 heteroatoms. The largest absolute Gasteiger partial charge is 0.495 e. The zero-order chi connectivity index (χ0) is 17.4. The molecule has 0 amide bonds. The van der Waals surface area contributed by atoms with Crippen molar-refractivity contribution in [3.05, 3.63) is 24.3 Å². The summed E-state index contributed by atoms with van der Waals surface area (Å²) in [6, 6.07) is 8.48. The third-order valence-electron chi connectivity index (χ3n) is 4.17. The van der Waals surface area contributed by atoms with Gasteiger partial charge in [0.25, 0.3) is 0 Å². The number of nitrogens with zero attached hydrogens (tertiary/aromatic N) is 2. The summed E-state index contributed by atoms with van der Waals surface area (Å²) in [7, 11) is 1.71. The number of ether oxygens (including phenoxy) is 1. The lowest BCUT2D eigenvalue weighted by Crippen LogP contribution is -2.44. The molecule has 1 aliphatic rings. The van der Waals surface area contributed by atoms with Crippen LogP contribution in [0.3, 0.4) is 0 Å². The van der Waals surface area contributed by atoms with Gasteiger partial charge in [-0.15, -0.1) is 24.0 Å². The van der Waals surface area contributed by atoms with Gasteiger partial charge in [-0.1, -0.05) is 19.1 Å². The zero-order valence-electron chi connectivity index (χ0n) is 15.4. The second kappa shape index (κ2) is 11.4. The highest BCUT2D eigenvalue weighted by Crippen LogP contribution is 2.30. The number of anilines is 1. The molecule has 1 saturated heterocycles. The average Bonchev–Trinajstić information content (AvgIpc) is 3.07. The molecule has 2 unspecified atom stereocenters. The molecule has 0 aromatic heterocycles. The Bertz CT molecular complexity index is 542. The fraction of sp³-hybridized carbons (Fsp3) is 0.611. The predicted octanol–water partition coefficient (Wildman–Crippen LogP) is 2.08.